The number of benzene rings is 1. The van der Waals surface area contributed by atoms with Crippen LogP contribution in [0.15, 0.2) is 18.2 Å². The van der Waals surface area contributed by atoms with Crippen molar-refractivity contribution in [2.24, 2.45) is 0 Å². The standard InChI is InChI=1S/C16H25ClN2O4/c1-11(2)19-9-13(20)10-23-15-5-4-12(8-14(15)17)6-7-18-16(21)22-3/h4-5,8,11,13,19-20H,6-7,9-10H2,1-3H3,(H,18,21). The van der Waals surface area contributed by atoms with E-state index < -0.39 is 12.2 Å². The summed E-state index contributed by atoms with van der Waals surface area (Å²) in [5, 5.41) is 16.0. The van der Waals surface area contributed by atoms with Crippen molar-refractivity contribution >= 4 is 17.7 Å². The number of rotatable bonds is 9. The molecule has 0 spiro atoms. The maximum atomic E-state index is 11.0. The maximum absolute atomic E-state index is 11.0. The number of ether oxygens (including phenoxy) is 2. The van der Waals surface area contributed by atoms with Crippen LogP contribution in [0.5, 0.6) is 5.75 Å². The van der Waals surface area contributed by atoms with E-state index in [4.69, 9.17) is 16.3 Å². The molecule has 0 aliphatic rings. The Kier molecular flexibility index (Phi) is 8.76. The molecule has 1 atom stereocenters. The topological polar surface area (TPSA) is 79.8 Å². The number of carbonyl (C=O) groups is 1. The molecule has 0 radical (unpaired) electrons. The van der Waals surface area contributed by atoms with Gasteiger partial charge in [-0.2, -0.15) is 0 Å². The third-order valence-electron chi connectivity index (χ3n) is 3.06. The summed E-state index contributed by atoms with van der Waals surface area (Å²) < 4.78 is 10.0. The maximum Gasteiger partial charge on any atom is 0.406 e. The lowest BCUT2D eigenvalue weighted by atomic mass is 10.1. The van der Waals surface area contributed by atoms with Crippen molar-refractivity contribution in [1.29, 1.82) is 0 Å². The summed E-state index contributed by atoms with van der Waals surface area (Å²) in [5.41, 5.74) is 0.973. The number of halogens is 1. The van der Waals surface area contributed by atoms with Crippen LogP contribution in [0.25, 0.3) is 0 Å². The van der Waals surface area contributed by atoms with E-state index in [-0.39, 0.29) is 6.61 Å². The quantitative estimate of drug-likeness (QED) is 0.638. The van der Waals surface area contributed by atoms with E-state index in [1.54, 1.807) is 12.1 Å². The number of aliphatic hydroxyl groups excluding tert-OH is 1. The van der Waals surface area contributed by atoms with Crippen molar-refractivity contribution in [3.8, 4) is 5.75 Å². The van der Waals surface area contributed by atoms with Crippen molar-refractivity contribution in [2.75, 3.05) is 26.8 Å². The van der Waals surface area contributed by atoms with Gasteiger partial charge in [-0.25, -0.2) is 4.79 Å². The molecule has 0 aromatic heterocycles. The Labute approximate surface area is 142 Å². The van der Waals surface area contributed by atoms with Crippen LogP contribution >= 0.6 is 11.6 Å². The highest BCUT2D eigenvalue weighted by Crippen LogP contribution is 2.25. The van der Waals surface area contributed by atoms with E-state index in [1.165, 1.54) is 7.11 Å². The lowest BCUT2D eigenvalue weighted by Crippen LogP contribution is -2.35. The fraction of sp³-hybridized carbons (Fsp3) is 0.562. The molecule has 0 saturated carbocycles. The van der Waals surface area contributed by atoms with Crippen LogP contribution in [-0.4, -0.2) is 50.2 Å². The minimum atomic E-state index is -0.600. The van der Waals surface area contributed by atoms with Crippen molar-refractivity contribution in [3.63, 3.8) is 0 Å². The number of methoxy groups -OCH3 is 1. The van der Waals surface area contributed by atoms with Gasteiger partial charge in [0.05, 0.1) is 12.1 Å². The van der Waals surface area contributed by atoms with Crippen LogP contribution in [0.3, 0.4) is 0 Å². The monoisotopic (exact) mass is 344 g/mol. The Morgan fingerprint density at radius 1 is 1.39 bits per heavy atom. The number of hydrogen-bond donors (Lipinski definition) is 3. The van der Waals surface area contributed by atoms with Gasteiger partial charge in [0.1, 0.15) is 18.5 Å². The predicted octanol–water partition coefficient (Wildman–Crippen LogP) is 1.98. The Morgan fingerprint density at radius 2 is 2.13 bits per heavy atom. The molecule has 130 valence electrons. The minimum absolute atomic E-state index is 0.169. The van der Waals surface area contributed by atoms with Crippen LogP contribution in [0.4, 0.5) is 4.79 Å². The fourth-order valence-electron chi connectivity index (χ4n) is 1.81. The van der Waals surface area contributed by atoms with Gasteiger partial charge < -0.3 is 25.2 Å². The van der Waals surface area contributed by atoms with Crippen molar-refractivity contribution in [2.45, 2.75) is 32.4 Å². The summed E-state index contributed by atoms with van der Waals surface area (Å²) in [5.74, 6) is 0.528. The van der Waals surface area contributed by atoms with Crippen LogP contribution in [-0.2, 0) is 11.2 Å². The molecule has 0 heterocycles. The van der Waals surface area contributed by atoms with Crippen molar-refractivity contribution in [1.82, 2.24) is 10.6 Å². The number of aliphatic hydroxyl groups is 1. The molecule has 0 aliphatic carbocycles. The minimum Gasteiger partial charge on any atom is -0.489 e. The molecule has 6 nitrogen and oxygen atoms in total. The van der Waals surface area contributed by atoms with E-state index in [0.717, 1.165) is 5.56 Å². The summed E-state index contributed by atoms with van der Waals surface area (Å²) in [4.78, 5) is 11.0. The Hall–Kier alpha value is -1.50. The van der Waals surface area contributed by atoms with Gasteiger partial charge >= 0.3 is 6.09 Å². The lowest BCUT2D eigenvalue weighted by Gasteiger charge is -2.16. The molecule has 0 bridgehead atoms. The van der Waals surface area contributed by atoms with Crippen LogP contribution in [0.2, 0.25) is 5.02 Å². The van der Waals surface area contributed by atoms with Gasteiger partial charge in [-0.1, -0.05) is 31.5 Å². The van der Waals surface area contributed by atoms with Crippen LogP contribution < -0.4 is 15.4 Å². The molecule has 1 rings (SSSR count). The highest BCUT2D eigenvalue weighted by Gasteiger charge is 2.09. The molecular formula is C16H25ClN2O4. The van der Waals surface area contributed by atoms with Gasteiger partial charge in [0.25, 0.3) is 0 Å². The second-order valence-electron chi connectivity index (χ2n) is 5.46. The summed E-state index contributed by atoms with van der Waals surface area (Å²) in [6.45, 7) is 5.12. The van der Waals surface area contributed by atoms with Gasteiger partial charge in [0, 0.05) is 19.1 Å². The molecule has 1 amide bonds. The van der Waals surface area contributed by atoms with E-state index in [2.05, 4.69) is 15.4 Å². The smallest absolute Gasteiger partial charge is 0.406 e. The molecule has 23 heavy (non-hydrogen) atoms. The first-order valence-corrected chi connectivity index (χ1v) is 7.94. The first-order chi connectivity index (χ1) is 10.9. The van der Waals surface area contributed by atoms with E-state index in [0.29, 0.717) is 36.3 Å². The van der Waals surface area contributed by atoms with Gasteiger partial charge in [-0.15, -0.1) is 0 Å². The van der Waals surface area contributed by atoms with E-state index >= 15 is 0 Å². The largest absolute Gasteiger partial charge is 0.489 e. The molecule has 3 N–H and O–H groups in total. The number of carbonyl (C=O) groups excluding carboxylic acids is 1. The van der Waals surface area contributed by atoms with Gasteiger partial charge in [-0.05, 0) is 24.1 Å². The average Bonchev–Trinajstić information content (AvgIpc) is 2.51. The second kappa shape index (κ2) is 10.3. The molecule has 7 heteroatoms. The Balaban J connectivity index is 2.42. The van der Waals surface area contributed by atoms with Crippen molar-refractivity contribution < 1.29 is 19.4 Å². The number of alkyl carbamates (subject to hydrolysis) is 1. The normalized spacial score (nSPS) is 12.1. The summed E-state index contributed by atoms with van der Waals surface area (Å²) in [6, 6.07) is 5.73. The molecule has 1 aromatic carbocycles. The highest BCUT2D eigenvalue weighted by molar-refractivity contribution is 6.32. The summed E-state index contributed by atoms with van der Waals surface area (Å²) in [7, 11) is 1.32. The zero-order chi connectivity index (χ0) is 17.2. The first-order valence-electron chi connectivity index (χ1n) is 7.57. The Morgan fingerprint density at radius 3 is 2.74 bits per heavy atom. The van der Waals surface area contributed by atoms with Gasteiger partial charge in [0.2, 0.25) is 0 Å². The van der Waals surface area contributed by atoms with E-state index in [1.807, 2.05) is 19.9 Å². The second-order valence-corrected chi connectivity index (χ2v) is 5.87. The highest BCUT2D eigenvalue weighted by atomic mass is 35.5. The molecular weight excluding hydrogens is 320 g/mol. The summed E-state index contributed by atoms with van der Waals surface area (Å²) in [6.07, 6.45) is -0.423. The SMILES string of the molecule is COC(=O)NCCc1ccc(OCC(O)CNC(C)C)c(Cl)c1. The lowest BCUT2D eigenvalue weighted by molar-refractivity contribution is 0.105. The number of amides is 1. The summed E-state index contributed by atoms with van der Waals surface area (Å²) >= 11 is 6.17. The average molecular weight is 345 g/mol. The molecule has 1 unspecified atom stereocenters. The zero-order valence-electron chi connectivity index (χ0n) is 13.8. The molecule has 0 aliphatic heterocycles. The van der Waals surface area contributed by atoms with Gasteiger partial charge in [-0.3, -0.25) is 0 Å². The predicted molar refractivity (Wildman–Crippen MR) is 90.2 cm³/mol. The molecule has 0 saturated heterocycles. The Bertz CT molecular complexity index is 497. The molecule has 1 aromatic rings. The van der Waals surface area contributed by atoms with Crippen LogP contribution in [0, 0.1) is 0 Å². The zero-order valence-corrected chi connectivity index (χ0v) is 14.5. The van der Waals surface area contributed by atoms with Crippen LogP contribution in [0.1, 0.15) is 19.4 Å². The number of hydrogen-bond acceptors (Lipinski definition) is 5. The van der Waals surface area contributed by atoms with Crippen molar-refractivity contribution in [3.05, 3.63) is 28.8 Å². The van der Waals surface area contributed by atoms with E-state index in [9.17, 15) is 9.90 Å². The fourth-order valence-corrected chi connectivity index (χ4v) is 2.07. The molecule has 0 fully saturated rings. The third-order valence-corrected chi connectivity index (χ3v) is 3.35. The number of nitrogens with one attached hydrogen (secondary N) is 2. The van der Waals surface area contributed by atoms with Gasteiger partial charge in [0.15, 0.2) is 0 Å². The first kappa shape index (κ1) is 19.5. The third kappa shape index (κ3) is 8.06.